The van der Waals surface area contributed by atoms with Crippen LogP contribution in [0.5, 0.6) is 5.75 Å². The van der Waals surface area contributed by atoms with Crippen LogP contribution >= 0.6 is 0 Å². The largest absolute Gasteiger partial charge is 0.422 e. The Morgan fingerprint density at radius 1 is 0.767 bits per heavy atom. The van der Waals surface area contributed by atoms with Crippen molar-refractivity contribution in [3.63, 3.8) is 0 Å². The highest BCUT2D eigenvalue weighted by Crippen LogP contribution is 2.33. The Kier molecular flexibility index (Phi) is 5.25. The van der Waals surface area contributed by atoms with Crippen molar-refractivity contribution in [2.75, 3.05) is 4.72 Å². The summed E-state index contributed by atoms with van der Waals surface area (Å²) in [5, 5.41) is 1.26. The fraction of sp³-hybridized carbons (Fsp3) is 0.0417. The van der Waals surface area contributed by atoms with Gasteiger partial charge < -0.3 is 4.74 Å². The van der Waals surface area contributed by atoms with E-state index in [1.165, 1.54) is 12.1 Å². The minimum absolute atomic E-state index is 0.170. The van der Waals surface area contributed by atoms with E-state index in [0.717, 1.165) is 5.56 Å². The molecule has 0 atom stereocenters. The predicted molar refractivity (Wildman–Crippen MR) is 117 cm³/mol. The van der Waals surface area contributed by atoms with Crippen LogP contribution in [-0.2, 0) is 10.0 Å². The first-order valence-corrected chi connectivity index (χ1v) is 10.8. The number of rotatable bonds is 5. The number of ether oxygens (including phenoxy) is 1. The standard InChI is InChI=1S/C24H19NO4S/c1-17-11-13-18(14-12-17)24(26)29-23-16-15-22(20-9-5-6-10-21(20)23)25-30(27,28)19-7-3-2-4-8-19/h2-16,25H,1H3. The van der Waals surface area contributed by atoms with Gasteiger partial charge in [-0.15, -0.1) is 0 Å². The van der Waals surface area contributed by atoms with Gasteiger partial charge in [-0.05, 0) is 43.3 Å². The van der Waals surface area contributed by atoms with Crippen molar-refractivity contribution in [1.29, 1.82) is 0 Å². The van der Waals surface area contributed by atoms with E-state index in [9.17, 15) is 13.2 Å². The highest BCUT2D eigenvalue weighted by molar-refractivity contribution is 7.92. The van der Waals surface area contributed by atoms with E-state index in [1.807, 2.05) is 19.1 Å². The first-order chi connectivity index (χ1) is 14.4. The van der Waals surface area contributed by atoms with Gasteiger partial charge in [0.25, 0.3) is 10.0 Å². The Bertz CT molecular complexity index is 1310. The predicted octanol–water partition coefficient (Wildman–Crippen LogP) is 5.17. The van der Waals surface area contributed by atoms with E-state index in [4.69, 9.17) is 4.74 Å². The maximum atomic E-state index is 12.7. The van der Waals surface area contributed by atoms with Gasteiger partial charge in [-0.25, -0.2) is 13.2 Å². The van der Waals surface area contributed by atoms with Gasteiger partial charge in [0.2, 0.25) is 0 Å². The molecule has 0 heterocycles. The van der Waals surface area contributed by atoms with Gasteiger partial charge >= 0.3 is 5.97 Å². The van der Waals surface area contributed by atoms with Crippen LogP contribution < -0.4 is 9.46 Å². The fourth-order valence-electron chi connectivity index (χ4n) is 3.10. The van der Waals surface area contributed by atoms with Crippen molar-refractivity contribution < 1.29 is 17.9 Å². The molecule has 4 aromatic carbocycles. The number of esters is 1. The third-order valence-electron chi connectivity index (χ3n) is 4.67. The Hall–Kier alpha value is -3.64. The summed E-state index contributed by atoms with van der Waals surface area (Å²) in [7, 11) is -3.75. The molecule has 150 valence electrons. The average molecular weight is 417 g/mol. The minimum Gasteiger partial charge on any atom is -0.422 e. The lowest BCUT2D eigenvalue weighted by molar-refractivity contribution is 0.0737. The van der Waals surface area contributed by atoms with E-state index in [1.54, 1.807) is 66.7 Å². The van der Waals surface area contributed by atoms with Crippen LogP contribution in [-0.4, -0.2) is 14.4 Å². The molecule has 0 radical (unpaired) electrons. The molecular formula is C24H19NO4S. The summed E-state index contributed by atoms with van der Waals surface area (Å²) in [5.41, 5.74) is 1.90. The van der Waals surface area contributed by atoms with Crippen LogP contribution in [0, 0.1) is 6.92 Å². The number of fused-ring (bicyclic) bond motifs is 1. The molecule has 0 aliphatic heterocycles. The van der Waals surface area contributed by atoms with Gasteiger partial charge in [0, 0.05) is 10.8 Å². The Balaban J connectivity index is 1.68. The van der Waals surface area contributed by atoms with E-state index >= 15 is 0 Å². The van der Waals surface area contributed by atoms with Crippen molar-refractivity contribution in [2.45, 2.75) is 11.8 Å². The van der Waals surface area contributed by atoms with E-state index in [0.29, 0.717) is 27.8 Å². The fourth-order valence-corrected chi connectivity index (χ4v) is 4.20. The number of carbonyl (C=O) groups is 1. The van der Waals surface area contributed by atoms with Crippen molar-refractivity contribution >= 4 is 32.5 Å². The molecule has 4 rings (SSSR count). The van der Waals surface area contributed by atoms with Crippen LogP contribution in [0.3, 0.4) is 0 Å². The number of anilines is 1. The first-order valence-electron chi connectivity index (χ1n) is 9.32. The second kappa shape index (κ2) is 8.00. The Labute approximate surface area is 175 Å². The molecule has 0 unspecified atom stereocenters. The summed E-state index contributed by atoms with van der Waals surface area (Å²) < 4.78 is 33.7. The van der Waals surface area contributed by atoms with Gasteiger partial charge in [-0.1, -0.05) is 60.2 Å². The Morgan fingerprint density at radius 2 is 1.40 bits per heavy atom. The summed E-state index contributed by atoms with van der Waals surface area (Å²) in [6.07, 6.45) is 0. The molecule has 0 aromatic heterocycles. The summed E-state index contributed by atoms with van der Waals surface area (Å²) in [6, 6.07) is 25.6. The van der Waals surface area contributed by atoms with Crippen molar-refractivity contribution in [2.24, 2.45) is 0 Å². The number of carbonyl (C=O) groups excluding carboxylic acids is 1. The lowest BCUT2D eigenvalue weighted by Crippen LogP contribution is -2.13. The molecule has 0 aliphatic rings. The molecule has 4 aromatic rings. The van der Waals surface area contributed by atoms with Crippen molar-refractivity contribution in [1.82, 2.24) is 0 Å². The van der Waals surface area contributed by atoms with Crippen LogP contribution in [0.2, 0.25) is 0 Å². The highest BCUT2D eigenvalue weighted by Gasteiger charge is 2.17. The van der Waals surface area contributed by atoms with Gasteiger partial charge in [-0.3, -0.25) is 4.72 Å². The zero-order valence-corrected chi connectivity index (χ0v) is 17.0. The second-order valence-electron chi connectivity index (χ2n) is 6.83. The molecule has 5 nitrogen and oxygen atoms in total. The number of hydrogen-bond donors (Lipinski definition) is 1. The molecule has 0 bridgehead atoms. The van der Waals surface area contributed by atoms with Gasteiger partial charge in [0.05, 0.1) is 16.1 Å². The lowest BCUT2D eigenvalue weighted by atomic mass is 10.1. The molecule has 0 saturated carbocycles. The van der Waals surface area contributed by atoms with Gasteiger partial charge in [0.15, 0.2) is 0 Å². The summed E-state index contributed by atoms with van der Waals surface area (Å²) in [6.45, 7) is 1.94. The van der Waals surface area contributed by atoms with Gasteiger partial charge in [0.1, 0.15) is 5.75 Å². The highest BCUT2D eigenvalue weighted by atomic mass is 32.2. The summed E-state index contributed by atoms with van der Waals surface area (Å²) in [5.74, 6) is -0.114. The van der Waals surface area contributed by atoms with Crippen LogP contribution in [0.25, 0.3) is 10.8 Å². The third kappa shape index (κ3) is 4.04. The summed E-state index contributed by atoms with van der Waals surface area (Å²) >= 11 is 0. The maximum absolute atomic E-state index is 12.7. The molecule has 0 aliphatic carbocycles. The summed E-state index contributed by atoms with van der Waals surface area (Å²) in [4.78, 5) is 12.7. The quantitative estimate of drug-likeness (QED) is 0.359. The van der Waals surface area contributed by atoms with Crippen molar-refractivity contribution in [3.8, 4) is 5.75 Å². The van der Waals surface area contributed by atoms with Crippen molar-refractivity contribution in [3.05, 3.63) is 102 Å². The second-order valence-corrected chi connectivity index (χ2v) is 8.51. The zero-order chi connectivity index (χ0) is 21.1. The Morgan fingerprint density at radius 3 is 2.10 bits per heavy atom. The lowest BCUT2D eigenvalue weighted by Gasteiger charge is -2.14. The third-order valence-corrected chi connectivity index (χ3v) is 6.05. The van der Waals surface area contributed by atoms with Gasteiger partial charge in [-0.2, -0.15) is 0 Å². The zero-order valence-electron chi connectivity index (χ0n) is 16.2. The number of hydrogen-bond acceptors (Lipinski definition) is 4. The number of sulfonamides is 1. The molecule has 0 amide bonds. The monoisotopic (exact) mass is 417 g/mol. The molecule has 6 heteroatoms. The SMILES string of the molecule is Cc1ccc(C(=O)Oc2ccc(NS(=O)(=O)c3ccccc3)c3ccccc23)cc1. The normalized spacial score (nSPS) is 11.2. The number of nitrogens with one attached hydrogen (secondary N) is 1. The smallest absolute Gasteiger partial charge is 0.343 e. The van der Waals surface area contributed by atoms with Crippen LogP contribution in [0.4, 0.5) is 5.69 Å². The minimum atomic E-state index is -3.75. The van der Waals surface area contributed by atoms with Crippen LogP contribution in [0.15, 0.2) is 95.9 Å². The topological polar surface area (TPSA) is 72.5 Å². The number of aryl methyl sites for hydroxylation is 1. The first kappa shape index (κ1) is 19.7. The van der Waals surface area contributed by atoms with Crippen LogP contribution in [0.1, 0.15) is 15.9 Å². The number of benzene rings is 4. The van der Waals surface area contributed by atoms with E-state index < -0.39 is 16.0 Å². The molecule has 0 spiro atoms. The maximum Gasteiger partial charge on any atom is 0.343 e. The molecule has 0 saturated heterocycles. The molecular weight excluding hydrogens is 398 g/mol. The molecule has 30 heavy (non-hydrogen) atoms. The molecule has 0 fully saturated rings. The average Bonchev–Trinajstić information content (AvgIpc) is 2.76. The van der Waals surface area contributed by atoms with E-state index in [-0.39, 0.29) is 4.90 Å². The van der Waals surface area contributed by atoms with E-state index in [2.05, 4.69) is 4.72 Å². The molecule has 1 N–H and O–H groups in total.